The number of rotatable bonds is 6. The lowest BCUT2D eigenvalue weighted by molar-refractivity contribution is 0.257. The standard InChI is InChI=1S/C22H23IN2O3/c1-14(2)13-28-20-10-5-16(12-21(20)27-4)11-19-15(3)24-25(22(19)26)18-8-6-17(23)7-9-18/h5-12,14,24H,3,13H2,1-2,4H3/b19-11+. The van der Waals surface area contributed by atoms with Gasteiger partial charge in [0.1, 0.15) is 0 Å². The van der Waals surface area contributed by atoms with Crippen LogP contribution in [0.15, 0.2) is 47.3 Å². The van der Waals surface area contributed by atoms with Crippen LogP contribution in [-0.4, -0.2) is 23.5 Å². The quantitative estimate of drug-likeness (QED) is 0.541. The minimum Gasteiger partial charge on any atom is -0.493 e. The Morgan fingerprint density at radius 1 is 1.18 bits per heavy atom. The second kappa shape index (κ2) is 8.68. The van der Waals surface area contributed by atoms with Crippen molar-refractivity contribution in [3.05, 3.63) is 72.5 Å². The van der Waals surface area contributed by atoms with Crippen LogP contribution in [0.25, 0.3) is 18.3 Å². The van der Waals surface area contributed by atoms with Crippen LogP contribution in [0.4, 0.5) is 0 Å². The molecule has 0 aliphatic rings. The molecule has 3 rings (SSSR count). The summed E-state index contributed by atoms with van der Waals surface area (Å²) >= 11 is 2.23. The van der Waals surface area contributed by atoms with Gasteiger partial charge in [-0.25, -0.2) is 4.68 Å². The maximum atomic E-state index is 12.9. The van der Waals surface area contributed by atoms with Gasteiger partial charge in [-0.05, 0) is 76.5 Å². The van der Waals surface area contributed by atoms with Crippen LogP contribution in [0.2, 0.25) is 0 Å². The predicted octanol–water partition coefficient (Wildman–Crippen LogP) is 3.05. The molecule has 6 heteroatoms. The molecular formula is C22H23IN2O3. The van der Waals surface area contributed by atoms with Crippen molar-refractivity contribution < 1.29 is 9.47 Å². The van der Waals surface area contributed by atoms with E-state index in [0.29, 0.717) is 34.6 Å². The fourth-order valence-corrected chi connectivity index (χ4v) is 3.09. The van der Waals surface area contributed by atoms with Crippen molar-refractivity contribution in [1.29, 1.82) is 0 Å². The molecule has 0 aliphatic carbocycles. The summed E-state index contributed by atoms with van der Waals surface area (Å²) in [6.45, 7) is 8.78. The molecule has 0 aliphatic heterocycles. The van der Waals surface area contributed by atoms with E-state index in [-0.39, 0.29) is 5.56 Å². The van der Waals surface area contributed by atoms with Crippen molar-refractivity contribution in [3.8, 4) is 17.2 Å². The summed E-state index contributed by atoms with van der Waals surface area (Å²) in [6.07, 6.45) is 1.80. The van der Waals surface area contributed by atoms with Gasteiger partial charge in [-0.15, -0.1) is 0 Å². The van der Waals surface area contributed by atoms with Crippen molar-refractivity contribution in [3.63, 3.8) is 0 Å². The zero-order valence-corrected chi connectivity index (χ0v) is 18.3. The number of aromatic amines is 1. The minimum atomic E-state index is -0.148. The highest BCUT2D eigenvalue weighted by atomic mass is 127. The van der Waals surface area contributed by atoms with E-state index in [1.165, 1.54) is 4.68 Å². The summed E-state index contributed by atoms with van der Waals surface area (Å²) in [4.78, 5) is 12.9. The number of ether oxygens (including phenoxy) is 2. The van der Waals surface area contributed by atoms with E-state index < -0.39 is 0 Å². The minimum absolute atomic E-state index is 0.148. The van der Waals surface area contributed by atoms with E-state index in [2.05, 4.69) is 48.1 Å². The van der Waals surface area contributed by atoms with Crippen LogP contribution in [-0.2, 0) is 0 Å². The fraction of sp³-hybridized carbons (Fsp3) is 0.227. The van der Waals surface area contributed by atoms with E-state index in [1.54, 1.807) is 13.2 Å². The Kier molecular flexibility index (Phi) is 6.28. The Labute approximate surface area is 177 Å². The normalized spacial score (nSPS) is 11.8. The Balaban J connectivity index is 2.01. The van der Waals surface area contributed by atoms with Crippen LogP contribution >= 0.6 is 22.6 Å². The molecular weight excluding hydrogens is 467 g/mol. The second-order valence-electron chi connectivity index (χ2n) is 6.88. The third-order valence-electron chi connectivity index (χ3n) is 4.16. The van der Waals surface area contributed by atoms with Crippen molar-refractivity contribution in [2.24, 2.45) is 5.92 Å². The molecule has 2 aromatic carbocycles. The lowest BCUT2D eigenvalue weighted by atomic mass is 10.1. The van der Waals surface area contributed by atoms with E-state index >= 15 is 0 Å². The molecule has 0 radical (unpaired) electrons. The van der Waals surface area contributed by atoms with Gasteiger partial charge in [-0.2, -0.15) is 0 Å². The van der Waals surface area contributed by atoms with Crippen molar-refractivity contribution in [2.75, 3.05) is 13.7 Å². The monoisotopic (exact) mass is 490 g/mol. The van der Waals surface area contributed by atoms with Gasteiger partial charge >= 0.3 is 0 Å². The summed E-state index contributed by atoms with van der Waals surface area (Å²) in [6, 6.07) is 13.3. The first-order valence-electron chi connectivity index (χ1n) is 8.97. The summed E-state index contributed by atoms with van der Waals surface area (Å²) in [5.41, 5.74) is 1.46. The molecule has 0 saturated carbocycles. The molecule has 5 nitrogen and oxygen atoms in total. The first kappa shape index (κ1) is 20.3. The highest BCUT2D eigenvalue weighted by Gasteiger charge is 2.08. The average molecular weight is 490 g/mol. The maximum Gasteiger partial charge on any atom is 0.279 e. The molecule has 1 heterocycles. The molecule has 0 amide bonds. The number of halogens is 1. The molecule has 0 bridgehead atoms. The van der Waals surface area contributed by atoms with Gasteiger partial charge in [0, 0.05) is 3.57 Å². The number of aromatic nitrogens is 2. The van der Waals surface area contributed by atoms with Gasteiger partial charge in [-0.1, -0.05) is 26.5 Å². The topological polar surface area (TPSA) is 56.2 Å². The summed E-state index contributed by atoms with van der Waals surface area (Å²) in [5.74, 6) is 1.74. The Hall–Kier alpha value is -2.48. The number of methoxy groups -OCH3 is 1. The summed E-state index contributed by atoms with van der Waals surface area (Å²) in [7, 11) is 1.61. The van der Waals surface area contributed by atoms with Gasteiger partial charge < -0.3 is 9.47 Å². The number of nitrogens with zero attached hydrogens (tertiary/aromatic N) is 1. The lowest BCUT2D eigenvalue weighted by Gasteiger charge is -2.12. The predicted molar refractivity (Wildman–Crippen MR) is 121 cm³/mol. The van der Waals surface area contributed by atoms with Crippen LogP contribution in [0.5, 0.6) is 11.5 Å². The third-order valence-corrected chi connectivity index (χ3v) is 4.88. The molecule has 1 N–H and O–H groups in total. The third kappa shape index (κ3) is 4.49. The molecule has 0 fully saturated rings. The Morgan fingerprint density at radius 3 is 2.54 bits per heavy atom. The number of hydrogen-bond acceptors (Lipinski definition) is 3. The van der Waals surface area contributed by atoms with Gasteiger partial charge in [0.15, 0.2) is 11.5 Å². The Bertz CT molecular complexity index is 1130. The highest BCUT2D eigenvalue weighted by molar-refractivity contribution is 14.1. The zero-order chi connectivity index (χ0) is 20.3. The maximum absolute atomic E-state index is 12.9. The van der Waals surface area contributed by atoms with Crippen molar-refractivity contribution in [1.82, 2.24) is 9.78 Å². The van der Waals surface area contributed by atoms with E-state index in [4.69, 9.17) is 9.47 Å². The smallest absolute Gasteiger partial charge is 0.279 e. The molecule has 146 valence electrons. The first-order valence-corrected chi connectivity index (χ1v) is 10.1. The molecule has 0 spiro atoms. The van der Waals surface area contributed by atoms with Gasteiger partial charge in [-0.3, -0.25) is 9.89 Å². The van der Waals surface area contributed by atoms with E-state index in [0.717, 1.165) is 14.8 Å². The lowest BCUT2D eigenvalue weighted by Crippen LogP contribution is -2.33. The molecule has 3 aromatic rings. The van der Waals surface area contributed by atoms with Crippen molar-refractivity contribution >= 4 is 35.2 Å². The number of benzene rings is 2. The molecule has 0 saturated heterocycles. The van der Waals surface area contributed by atoms with Crippen LogP contribution in [0.1, 0.15) is 19.4 Å². The first-order chi connectivity index (χ1) is 13.4. The van der Waals surface area contributed by atoms with Crippen molar-refractivity contribution in [2.45, 2.75) is 13.8 Å². The van der Waals surface area contributed by atoms with Crippen LogP contribution < -0.4 is 25.6 Å². The van der Waals surface area contributed by atoms with Crippen LogP contribution in [0, 0.1) is 9.49 Å². The average Bonchev–Trinajstić information content (AvgIpc) is 2.95. The van der Waals surface area contributed by atoms with E-state index in [9.17, 15) is 4.79 Å². The SMILES string of the molecule is C=c1[nH]n(-c2ccc(I)cc2)c(=O)/c1=C/c1ccc(OCC(C)C)c(OC)c1. The number of H-pyrrole nitrogens is 1. The molecule has 0 unspecified atom stereocenters. The van der Waals surface area contributed by atoms with Gasteiger partial charge in [0.25, 0.3) is 5.56 Å². The summed E-state index contributed by atoms with van der Waals surface area (Å²) in [5, 5.41) is 4.11. The number of hydrogen-bond donors (Lipinski definition) is 1. The molecule has 0 atom stereocenters. The largest absolute Gasteiger partial charge is 0.493 e. The van der Waals surface area contributed by atoms with Gasteiger partial charge in [0.05, 0.1) is 30.0 Å². The zero-order valence-electron chi connectivity index (χ0n) is 16.2. The summed E-state index contributed by atoms with van der Waals surface area (Å²) < 4.78 is 13.8. The van der Waals surface area contributed by atoms with E-state index in [1.807, 2.05) is 42.5 Å². The highest BCUT2D eigenvalue weighted by Crippen LogP contribution is 2.28. The second-order valence-corrected chi connectivity index (χ2v) is 8.13. The Morgan fingerprint density at radius 2 is 1.89 bits per heavy atom. The fourth-order valence-electron chi connectivity index (χ4n) is 2.73. The van der Waals surface area contributed by atoms with Gasteiger partial charge in [0.2, 0.25) is 0 Å². The molecule has 1 aromatic heterocycles. The number of nitrogens with one attached hydrogen (secondary N) is 1. The van der Waals surface area contributed by atoms with Crippen LogP contribution in [0.3, 0.4) is 0 Å². The molecule has 28 heavy (non-hydrogen) atoms.